The summed E-state index contributed by atoms with van der Waals surface area (Å²) in [7, 11) is 4.47. The Balaban J connectivity index is 1.97. The lowest BCUT2D eigenvalue weighted by molar-refractivity contribution is 0.104. The first kappa shape index (κ1) is 19.5. The second-order valence-electron chi connectivity index (χ2n) is 6.67. The highest BCUT2D eigenvalue weighted by atomic mass is 19.1. The van der Waals surface area contributed by atoms with Gasteiger partial charge in [-0.25, -0.2) is 4.39 Å². The van der Waals surface area contributed by atoms with Gasteiger partial charge in [-0.1, -0.05) is 30.3 Å². The summed E-state index contributed by atoms with van der Waals surface area (Å²) >= 11 is 0. The summed E-state index contributed by atoms with van der Waals surface area (Å²) in [4.78, 5) is 16.9. The number of aromatic nitrogens is 1. The van der Waals surface area contributed by atoms with Crippen LogP contribution in [0.3, 0.4) is 0 Å². The van der Waals surface area contributed by atoms with Gasteiger partial charge >= 0.3 is 0 Å². The van der Waals surface area contributed by atoms with Crippen LogP contribution in [0.1, 0.15) is 15.9 Å². The molecule has 4 aromatic rings. The molecule has 0 aliphatic carbocycles. The van der Waals surface area contributed by atoms with Gasteiger partial charge in [0.25, 0.3) is 0 Å². The van der Waals surface area contributed by atoms with Gasteiger partial charge in [0.2, 0.25) is 5.75 Å². The minimum atomic E-state index is -0.417. The molecule has 4 rings (SSSR count). The lowest BCUT2D eigenvalue weighted by Gasteiger charge is -2.14. The van der Waals surface area contributed by atoms with Crippen molar-refractivity contribution in [3.8, 4) is 28.5 Å². The molecule has 0 aliphatic heterocycles. The Morgan fingerprint density at radius 2 is 1.53 bits per heavy atom. The van der Waals surface area contributed by atoms with Crippen molar-refractivity contribution in [3.63, 3.8) is 0 Å². The number of carbonyl (C=O) groups excluding carboxylic acids is 1. The number of ketones is 1. The second kappa shape index (κ2) is 7.91. The van der Waals surface area contributed by atoms with E-state index in [2.05, 4.69) is 4.98 Å². The largest absolute Gasteiger partial charge is 0.493 e. The molecule has 3 aromatic carbocycles. The van der Waals surface area contributed by atoms with E-state index in [0.717, 1.165) is 5.56 Å². The molecule has 0 atom stereocenters. The number of methoxy groups -OCH3 is 3. The Morgan fingerprint density at radius 1 is 0.867 bits per heavy atom. The summed E-state index contributed by atoms with van der Waals surface area (Å²) in [6.07, 6.45) is 0. The number of ether oxygens (including phenoxy) is 3. The zero-order valence-corrected chi connectivity index (χ0v) is 16.8. The minimum absolute atomic E-state index is 0.287. The van der Waals surface area contributed by atoms with Crippen LogP contribution >= 0.6 is 0 Å². The van der Waals surface area contributed by atoms with Crippen LogP contribution in [-0.4, -0.2) is 32.1 Å². The Kier molecular flexibility index (Phi) is 5.14. The quantitative estimate of drug-likeness (QED) is 0.446. The van der Waals surface area contributed by atoms with Crippen LogP contribution in [0.15, 0.2) is 60.7 Å². The van der Waals surface area contributed by atoms with Crippen molar-refractivity contribution in [2.24, 2.45) is 0 Å². The number of fused-ring (bicyclic) bond motifs is 1. The van der Waals surface area contributed by atoms with Crippen LogP contribution in [0.4, 0.5) is 4.39 Å². The molecule has 0 saturated carbocycles. The Labute approximate surface area is 173 Å². The Hall–Kier alpha value is -3.80. The van der Waals surface area contributed by atoms with Crippen LogP contribution in [-0.2, 0) is 0 Å². The van der Waals surface area contributed by atoms with Gasteiger partial charge < -0.3 is 19.2 Å². The Morgan fingerprint density at radius 3 is 2.13 bits per heavy atom. The van der Waals surface area contributed by atoms with Gasteiger partial charge in [-0.2, -0.15) is 0 Å². The average Bonchev–Trinajstić information content (AvgIpc) is 3.16. The summed E-state index contributed by atoms with van der Waals surface area (Å²) in [5, 5.41) is 0.507. The number of aromatic amines is 1. The monoisotopic (exact) mass is 405 g/mol. The van der Waals surface area contributed by atoms with Crippen LogP contribution < -0.4 is 14.2 Å². The fourth-order valence-corrected chi connectivity index (χ4v) is 3.58. The van der Waals surface area contributed by atoms with E-state index >= 15 is 0 Å². The van der Waals surface area contributed by atoms with Crippen molar-refractivity contribution in [1.29, 1.82) is 0 Å². The molecule has 0 bridgehead atoms. The molecule has 152 valence electrons. The molecule has 1 heterocycles. The first-order valence-electron chi connectivity index (χ1n) is 9.28. The van der Waals surface area contributed by atoms with Gasteiger partial charge in [-0.05, 0) is 35.9 Å². The molecule has 30 heavy (non-hydrogen) atoms. The maximum Gasteiger partial charge on any atom is 0.203 e. The zero-order valence-electron chi connectivity index (χ0n) is 16.8. The fourth-order valence-electron chi connectivity index (χ4n) is 3.58. The molecule has 0 fully saturated rings. The van der Waals surface area contributed by atoms with E-state index in [0.29, 0.717) is 45.0 Å². The molecule has 0 radical (unpaired) electrons. The highest BCUT2D eigenvalue weighted by Crippen LogP contribution is 2.40. The molecule has 0 unspecified atom stereocenters. The Bertz CT molecular complexity index is 1210. The third kappa shape index (κ3) is 3.26. The molecule has 1 N–H and O–H groups in total. The van der Waals surface area contributed by atoms with E-state index in [1.54, 1.807) is 18.2 Å². The summed E-state index contributed by atoms with van der Waals surface area (Å²) in [6.45, 7) is 0. The molecule has 0 spiro atoms. The molecular formula is C24H20FNO4. The summed E-state index contributed by atoms with van der Waals surface area (Å²) < 4.78 is 30.2. The average molecular weight is 405 g/mol. The van der Waals surface area contributed by atoms with Crippen molar-refractivity contribution in [2.45, 2.75) is 0 Å². The summed E-state index contributed by atoms with van der Waals surface area (Å²) in [5.41, 5.74) is 2.84. The van der Waals surface area contributed by atoms with E-state index in [1.807, 2.05) is 30.3 Å². The molecule has 0 saturated heterocycles. The van der Waals surface area contributed by atoms with Crippen molar-refractivity contribution >= 4 is 16.7 Å². The van der Waals surface area contributed by atoms with Gasteiger partial charge in [0.1, 0.15) is 5.82 Å². The van der Waals surface area contributed by atoms with Crippen LogP contribution in [0.25, 0.3) is 22.2 Å². The number of carbonyl (C=O) groups is 1. The van der Waals surface area contributed by atoms with Gasteiger partial charge in [0.05, 0.1) is 32.6 Å². The number of nitrogens with one attached hydrogen (secondary N) is 1. The summed E-state index contributed by atoms with van der Waals surface area (Å²) in [6, 6.07) is 17.0. The fraction of sp³-hybridized carbons (Fsp3) is 0.125. The second-order valence-corrected chi connectivity index (χ2v) is 6.67. The van der Waals surface area contributed by atoms with E-state index in [9.17, 15) is 9.18 Å². The zero-order chi connectivity index (χ0) is 21.3. The number of benzene rings is 3. The lowest BCUT2D eigenvalue weighted by atomic mass is 9.96. The molecule has 1 aromatic heterocycles. The van der Waals surface area contributed by atoms with E-state index in [-0.39, 0.29) is 5.78 Å². The molecule has 5 nitrogen and oxygen atoms in total. The van der Waals surface area contributed by atoms with Crippen molar-refractivity contribution < 1.29 is 23.4 Å². The van der Waals surface area contributed by atoms with E-state index in [1.165, 1.54) is 33.5 Å². The van der Waals surface area contributed by atoms with Gasteiger partial charge in [0, 0.05) is 16.5 Å². The number of hydrogen-bond donors (Lipinski definition) is 1. The predicted octanol–water partition coefficient (Wildman–Crippen LogP) is 5.23. The number of halogens is 1. The van der Waals surface area contributed by atoms with E-state index < -0.39 is 5.82 Å². The maximum absolute atomic E-state index is 14.0. The standard InChI is InChI=1S/C24H20FNO4/c1-28-19-11-15(12-20(29-2)24(19)30-3)23(27)21-17-13-16(25)9-10-18(17)26-22(21)14-7-5-4-6-8-14/h4-13,26H,1-3H3. The molecule has 6 heteroatoms. The van der Waals surface area contributed by atoms with E-state index in [4.69, 9.17) is 14.2 Å². The smallest absolute Gasteiger partial charge is 0.203 e. The van der Waals surface area contributed by atoms with Crippen molar-refractivity contribution in [1.82, 2.24) is 4.98 Å². The number of hydrogen-bond acceptors (Lipinski definition) is 4. The predicted molar refractivity (Wildman–Crippen MR) is 113 cm³/mol. The third-order valence-corrected chi connectivity index (χ3v) is 4.98. The first-order valence-corrected chi connectivity index (χ1v) is 9.28. The van der Waals surface area contributed by atoms with Crippen molar-refractivity contribution in [3.05, 3.63) is 77.6 Å². The maximum atomic E-state index is 14.0. The molecule has 0 aliphatic rings. The SMILES string of the molecule is COc1cc(C(=O)c2c(-c3ccccc3)[nH]c3ccc(F)cc23)cc(OC)c1OC. The third-order valence-electron chi connectivity index (χ3n) is 4.98. The normalized spacial score (nSPS) is 10.8. The van der Waals surface area contributed by atoms with Gasteiger partial charge in [0.15, 0.2) is 17.3 Å². The number of H-pyrrole nitrogens is 1. The number of rotatable bonds is 6. The van der Waals surface area contributed by atoms with Crippen LogP contribution in [0.5, 0.6) is 17.2 Å². The van der Waals surface area contributed by atoms with Gasteiger partial charge in [-0.3, -0.25) is 4.79 Å². The molecular weight excluding hydrogens is 385 g/mol. The highest BCUT2D eigenvalue weighted by Gasteiger charge is 2.24. The molecule has 0 amide bonds. The van der Waals surface area contributed by atoms with Crippen LogP contribution in [0.2, 0.25) is 0 Å². The first-order chi connectivity index (χ1) is 14.6. The van der Waals surface area contributed by atoms with Crippen molar-refractivity contribution in [2.75, 3.05) is 21.3 Å². The highest BCUT2D eigenvalue weighted by molar-refractivity contribution is 6.20. The summed E-state index contributed by atoms with van der Waals surface area (Å²) in [5.74, 6) is 0.426. The van der Waals surface area contributed by atoms with Crippen LogP contribution in [0, 0.1) is 5.82 Å². The van der Waals surface area contributed by atoms with Gasteiger partial charge in [-0.15, -0.1) is 0 Å². The topological polar surface area (TPSA) is 60.6 Å². The lowest BCUT2D eigenvalue weighted by Crippen LogP contribution is -2.05. The minimum Gasteiger partial charge on any atom is -0.493 e.